The normalized spacial score (nSPS) is 18.2. The number of likely N-dealkylation sites (N-methyl/N-ethyl adjacent to an activating group) is 1. The smallest absolute Gasteiger partial charge is 0.244 e. The van der Waals surface area contributed by atoms with Crippen LogP contribution in [-0.4, -0.2) is 42.5 Å². The molecule has 1 atom stereocenters. The number of fused-ring (bicyclic) bond motifs is 1. The van der Waals surface area contributed by atoms with Gasteiger partial charge in [0.1, 0.15) is 6.04 Å². The molecule has 0 radical (unpaired) electrons. The van der Waals surface area contributed by atoms with E-state index in [1.165, 1.54) is 0 Å². The molecule has 0 N–H and O–H groups in total. The second kappa shape index (κ2) is 5.64. The molecule has 0 bridgehead atoms. The number of aromatic nitrogens is 1. The first-order chi connectivity index (χ1) is 10.1. The highest BCUT2D eigenvalue weighted by atomic mass is 79.9. The lowest BCUT2D eigenvalue weighted by Crippen LogP contribution is -2.42. The molecule has 21 heavy (non-hydrogen) atoms. The molecule has 5 heteroatoms. The number of para-hydroxylation sites is 1. The van der Waals surface area contributed by atoms with Crippen LogP contribution in [-0.2, 0) is 4.79 Å². The molecule has 0 aliphatic carbocycles. The molecule has 3 rings (SSSR count). The highest BCUT2D eigenvalue weighted by molar-refractivity contribution is 9.10. The first-order valence-corrected chi connectivity index (χ1v) is 7.90. The summed E-state index contributed by atoms with van der Waals surface area (Å²) >= 11 is 3.55. The van der Waals surface area contributed by atoms with Crippen molar-refractivity contribution in [3.63, 3.8) is 0 Å². The van der Waals surface area contributed by atoms with Crippen molar-refractivity contribution in [3.05, 3.63) is 34.9 Å². The fourth-order valence-corrected chi connectivity index (χ4v) is 3.45. The van der Waals surface area contributed by atoms with E-state index >= 15 is 0 Å². The Morgan fingerprint density at radius 1 is 1.38 bits per heavy atom. The molecule has 4 nitrogen and oxygen atoms in total. The van der Waals surface area contributed by atoms with Crippen LogP contribution >= 0.6 is 15.9 Å². The van der Waals surface area contributed by atoms with Crippen molar-refractivity contribution in [1.82, 2.24) is 9.88 Å². The standard InChI is InChI=1S/C16H18BrN3O/c1-19(2)16(21)14-7-4-10-20(14)13-8-9-18-15-11(13)5-3-6-12(15)17/h3,5-6,8-9,14H,4,7,10H2,1-2H3. The summed E-state index contributed by atoms with van der Waals surface area (Å²) in [5.74, 6) is 0.174. The molecule has 2 aromatic rings. The molecule has 110 valence electrons. The van der Waals surface area contributed by atoms with Crippen molar-refractivity contribution in [2.24, 2.45) is 0 Å². The zero-order chi connectivity index (χ0) is 15.0. The third-order valence-electron chi connectivity index (χ3n) is 3.99. The lowest BCUT2D eigenvalue weighted by atomic mass is 10.1. The number of nitrogens with zero attached hydrogens (tertiary/aromatic N) is 3. The fourth-order valence-electron chi connectivity index (χ4n) is 2.99. The third kappa shape index (κ3) is 2.50. The molecule has 0 saturated carbocycles. The van der Waals surface area contributed by atoms with E-state index in [-0.39, 0.29) is 11.9 Å². The van der Waals surface area contributed by atoms with Crippen LogP contribution < -0.4 is 4.90 Å². The maximum atomic E-state index is 12.4. The van der Waals surface area contributed by atoms with E-state index in [2.05, 4.69) is 31.9 Å². The Morgan fingerprint density at radius 3 is 2.95 bits per heavy atom. The number of hydrogen-bond acceptors (Lipinski definition) is 3. The second-order valence-electron chi connectivity index (χ2n) is 5.55. The summed E-state index contributed by atoms with van der Waals surface area (Å²) in [7, 11) is 3.64. The van der Waals surface area contributed by atoms with Crippen molar-refractivity contribution in [3.8, 4) is 0 Å². The summed E-state index contributed by atoms with van der Waals surface area (Å²) < 4.78 is 0.983. The molecule has 1 saturated heterocycles. The maximum Gasteiger partial charge on any atom is 0.244 e. The number of pyridine rings is 1. The van der Waals surface area contributed by atoms with Gasteiger partial charge in [-0.15, -0.1) is 0 Å². The van der Waals surface area contributed by atoms with Crippen molar-refractivity contribution in [1.29, 1.82) is 0 Å². The third-order valence-corrected chi connectivity index (χ3v) is 4.63. The quantitative estimate of drug-likeness (QED) is 0.837. The molecule has 1 aliphatic rings. The molecular weight excluding hydrogens is 330 g/mol. The van der Waals surface area contributed by atoms with Crippen molar-refractivity contribution >= 4 is 38.4 Å². The minimum Gasteiger partial charge on any atom is -0.359 e. The van der Waals surface area contributed by atoms with Crippen LogP contribution in [0.4, 0.5) is 5.69 Å². The minimum atomic E-state index is -0.0652. The number of carbonyl (C=O) groups excluding carboxylic acids is 1. The fraction of sp³-hybridized carbons (Fsp3) is 0.375. The van der Waals surface area contributed by atoms with Crippen LogP contribution in [0.3, 0.4) is 0 Å². The zero-order valence-corrected chi connectivity index (χ0v) is 13.8. The summed E-state index contributed by atoms with van der Waals surface area (Å²) in [5, 5.41) is 1.09. The SMILES string of the molecule is CN(C)C(=O)C1CCCN1c1ccnc2c(Br)cccc12. The summed E-state index contributed by atoms with van der Waals surface area (Å²) in [4.78, 5) is 20.7. The highest BCUT2D eigenvalue weighted by Gasteiger charge is 2.32. The number of hydrogen-bond donors (Lipinski definition) is 0. The predicted molar refractivity (Wildman–Crippen MR) is 88.5 cm³/mol. The van der Waals surface area contributed by atoms with E-state index in [0.717, 1.165) is 40.4 Å². The van der Waals surface area contributed by atoms with E-state index < -0.39 is 0 Å². The van der Waals surface area contributed by atoms with Gasteiger partial charge in [0.25, 0.3) is 0 Å². The number of anilines is 1. The number of benzene rings is 1. The van der Waals surface area contributed by atoms with Gasteiger partial charge < -0.3 is 9.80 Å². The summed E-state index contributed by atoms with van der Waals surface area (Å²) in [6.45, 7) is 0.913. The highest BCUT2D eigenvalue weighted by Crippen LogP contribution is 2.34. The monoisotopic (exact) mass is 347 g/mol. The largest absolute Gasteiger partial charge is 0.359 e. The Hall–Kier alpha value is -1.62. The first kappa shape index (κ1) is 14.3. The molecule has 1 aromatic heterocycles. The number of amides is 1. The molecule has 1 aromatic carbocycles. The van der Waals surface area contributed by atoms with Crippen LogP contribution in [0.2, 0.25) is 0 Å². The predicted octanol–water partition coefficient (Wildman–Crippen LogP) is 3.05. The van der Waals surface area contributed by atoms with Crippen LogP contribution in [0, 0.1) is 0 Å². The Bertz CT molecular complexity index is 686. The van der Waals surface area contributed by atoms with Gasteiger partial charge in [0.2, 0.25) is 5.91 Å². The Balaban J connectivity index is 2.08. The van der Waals surface area contributed by atoms with Crippen LogP contribution in [0.25, 0.3) is 10.9 Å². The minimum absolute atomic E-state index is 0.0652. The van der Waals surface area contributed by atoms with Gasteiger partial charge in [-0.05, 0) is 40.9 Å². The van der Waals surface area contributed by atoms with Gasteiger partial charge in [-0.2, -0.15) is 0 Å². The summed E-state index contributed by atoms with van der Waals surface area (Å²) in [6.07, 6.45) is 3.77. The average Bonchev–Trinajstić information content (AvgIpc) is 2.95. The van der Waals surface area contributed by atoms with Crippen molar-refractivity contribution in [2.45, 2.75) is 18.9 Å². The van der Waals surface area contributed by atoms with E-state index in [4.69, 9.17) is 0 Å². The first-order valence-electron chi connectivity index (χ1n) is 7.10. The van der Waals surface area contributed by atoms with E-state index in [1.807, 2.05) is 38.5 Å². The number of rotatable bonds is 2. The summed E-state index contributed by atoms with van der Waals surface area (Å²) in [6, 6.07) is 8.01. The van der Waals surface area contributed by atoms with Gasteiger partial charge in [0.15, 0.2) is 0 Å². The molecule has 1 unspecified atom stereocenters. The molecule has 1 amide bonds. The van der Waals surface area contributed by atoms with Gasteiger partial charge in [0, 0.05) is 42.4 Å². The van der Waals surface area contributed by atoms with Gasteiger partial charge in [-0.25, -0.2) is 0 Å². The Labute approximate surface area is 132 Å². The van der Waals surface area contributed by atoms with Gasteiger partial charge in [0.05, 0.1) is 5.52 Å². The lowest BCUT2D eigenvalue weighted by molar-refractivity contribution is -0.129. The zero-order valence-electron chi connectivity index (χ0n) is 12.2. The van der Waals surface area contributed by atoms with Crippen LogP contribution in [0.5, 0.6) is 0 Å². The van der Waals surface area contributed by atoms with Gasteiger partial charge >= 0.3 is 0 Å². The molecule has 1 fully saturated rings. The lowest BCUT2D eigenvalue weighted by Gasteiger charge is -2.29. The van der Waals surface area contributed by atoms with E-state index in [0.29, 0.717) is 0 Å². The molecule has 1 aliphatic heterocycles. The van der Waals surface area contributed by atoms with Crippen LogP contribution in [0.1, 0.15) is 12.8 Å². The Kier molecular flexibility index (Phi) is 3.85. The average molecular weight is 348 g/mol. The van der Waals surface area contributed by atoms with Crippen molar-refractivity contribution < 1.29 is 4.79 Å². The number of carbonyl (C=O) groups is 1. The van der Waals surface area contributed by atoms with E-state index in [1.54, 1.807) is 4.90 Å². The Morgan fingerprint density at radius 2 is 2.19 bits per heavy atom. The topological polar surface area (TPSA) is 36.4 Å². The second-order valence-corrected chi connectivity index (χ2v) is 6.40. The molecule has 0 spiro atoms. The van der Waals surface area contributed by atoms with E-state index in [9.17, 15) is 4.79 Å². The number of halogens is 1. The summed E-state index contributed by atoms with van der Waals surface area (Å²) in [5.41, 5.74) is 2.04. The maximum absolute atomic E-state index is 12.4. The van der Waals surface area contributed by atoms with Crippen molar-refractivity contribution in [2.75, 3.05) is 25.5 Å². The molecule has 2 heterocycles. The van der Waals surface area contributed by atoms with Gasteiger partial charge in [-0.3, -0.25) is 9.78 Å². The van der Waals surface area contributed by atoms with Gasteiger partial charge in [-0.1, -0.05) is 12.1 Å². The van der Waals surface area contributed by atoms with Crippen LogP contribution in [0.15, 0.2) is 34.9 Å². The molecular formula is C16H18BrN3O.